The Balaban J connectivity index is 1.52. The summed E-state index contributed by atoms with van der Waals surface area (Å²) >= 11 is 1.41. The molecule has 0 aliphatic rings. The number of nitrogens with zero attached hydrogens (tertiary/aromatic N) is 4. The molecule has 30 heavy (non-hydrogen) atoms. The number of anilines is 1. The van der Waals surface area contributed by atoms with E-state index in [-0.39, 0.29) is 5.91 Å². The molecule has 7 heteroatoms. The number of fused-ring (bicyclic) bond motifs is 1. The third-order valence-corrected chi connectivity index (χ3v) is 5.94. The van der Waals surface area contributed by atoms with Gasteiger partial charge < -0.3 is 9.88 Å². The molecule has 0 bridgehead atoms. The van der Waals surface area contributed by atoms with Crippen molar-refractivity contribution in [3.8, 4) is 22.3 Å². The Labute approximate surface area is 177 Å². The summed E-state index contributed by atoms with van der Waals surface area (Å²) in [4.78, 5) is 23.1. The van der Waals surface area contributed by atoms with E-state index in [1.54, 1.807) is 18.5 Å². The molecule has 0 saturated heterocycles. The molecular formula is C23H19N5OS. The van der Waals surface area contributed by atoms with Crippen molar-refractivity contribution in [2.75, 3.05) is 19.0 Å². The Kier molecular flexibility index (Phi) is 4.44. The number of pyridine rings is 1. The van der Waals surface area contributed by atoms with E-state index >= 15 is 0 Å². The van der Waals surface area contributed by atoms with E-state index in [1.807, 2.05) is 37.9 Å². The van der Waals surface area contributed by atoms with E-state index in [0.717, 1.165) is 39.0 Å². The summed E-state index contributed by atoms with van der Waals surface area (Å²) in [6.45, 7) is 0. The number of H-pyrrole nitrogens is 1. The van der Waals surface area contributed by atoms with Crippen LogP contribution in [-0.4, -0.2) is 39.8 Å². The minimum Gasteiger partial charge on any atom is -0.378 e. The number of hydrogen-bond acceptors (Lipinski definition) is 5. The van der Waals surface area contributed by atoms with E-state index in [9.17, 15) is 4.79 Å². The third kappa shape index (κ3) is 3.19. The average Bonchev–Trinajstić information content (AvgIpc) is 3.53. The molecule has 1 N–H and O–H groups in total. The van der Waals surface area contributed by atoms with Crippen LogP contribution in [0.1, 0.15) is 9.67 Å². The lowest BCUT2D eigenvalue weighted by Crippen LogP contribution is -2.10. The van der Waals surface area contributed by atoms with Crippen molar-refractivity contribution in [1.29, 1.82) is 0 Å². The topological polar surface area (TPSA) is 66.8 Å². The maximum Gasteiger partial charge on any atom is 0.288 e. The molecule has 0 aliphatic carbocycles. The van der Waals surface area contributed by atoms with Crippen molar-refractivity contribution < 1.29 is 4.79 Å². The fourth-order valence-electron chi connectivity index (χ4n) is 3.44. The first-order chi connectivity index (χ1) is 14.6. The summed E-state index contributed by atoms with van der Waals surface area (Å²) in [5, 5.41) is 7.15. The molecule has 5 rings (SSSR count). The van der Waals surface area contributed by atoms with Crippen LogP contribution in [0.4, 0.5) is 5.69 Å². The summed E-state index contributed by atoms with van der Waals surface area (Å²) in [5.74, 6) is -0.129. The van der Waals surface area contributed by atoms with Crippen LogP contribution in [0, 0.1) is 0 Å². The summed E-state index contributed by atoms with van der Waals surface area (Å²) in [6, 6.07) is 14.2. The Bertz CT molecular complexity index is 1330. The maximum absolute atomic E-state index is 12.6. The maximum atomic E-state index is 12.6. The van der Waals surface area contributed by atoms with Gasteiger partial charge in [-0.25, -0.2) is 9.67 Å². The summed E-state index contributed by atoms with van der Waals surface area (Å²) in [6.07, 6.45) is 7.26. The molecule has 0 fully saturated rings. The van der Waals surface area contributed by atoms with E-state index in [4.69, 9.17) is 0 Å². The second kappa shape index (κ2) is 7.27. The number of nitrogens with one attached hydrogen (secondary N) is 1. The molecule has 6 nitrogen and oxygen atoms in total. The van der Waals surface area contributed by atoms with E-state index in [0.29, 0.717) is 4.88 Å². The minimum absolute atomic E-state index is 0.129. The van der Waals surface area contributed by atoms with Crippen LogP contribution < -0.4 is 4.90 Å². The number of rotatable bonds is 4. The Hall–Kier alpha value is -3.71. The number of hydrogen-bond donors (Lipinski definition) is 1. The van der Waals surface area contributed by atoms with Gasteiger partial charge in [0.1, 0.15) is 5.65 Å². The van der Waals surface area contributed by atoms with Gasteiger partial charge in [0, 0.05) is 60.4 Å². The monoisotopic (exact) mass is 413 g/mol. The highest BCUT2D eigenvalue weighted by Gasteiger charge is 2.15. The zero-order valence-corrected chi connectivity index (χ0v) is 17.4. The van der Waals surface area contributed by atoms with Crippen molar-refractivity contribution in [2.24, 2.45) is 0 Å². The van der Waals surface area contributed by atoms with Gasteiger partial charge in [-0.05, 0) is 35.2 Å². The highest BCUT2D eigenvalue weighted by molar-refractivity contribution is 7.12. The summed E-state index contributed by atoms with van der Waals surface area (Å²) in [7, 11) is 4.05. The fourth-order valence-corrected chi connectivity index (χ4v) is 4.09. The van der Waals surface area contributed by atoms with Gasteiger partial charge >= 0.3 is 0 Å². The van der Waals surface area contributed by atoms with Gasteiger partial charge in [0.2, 0.25) is 0 Å². The van der Waals surface area contributed by atoms with E-state index in [1.165, 1.54) is 16.0 Å². The fraction of sp³-hybridized carbons (Fsp3) is 0.0870. The van der Waals surface area contributed by atoms with Gasteiger partial charge in [0.05, 0.1) is 11.1 Å². The second-order valence-electron chi connectivity index (χ2n) is 7.22. The first-order valence-electron chi connectivity index (χ1n) is 9.48. The van der Waals surface area contributed by atoms with Crippen molar-refractivity contribution in [3.05, 3.63) is 77.5 Å². The number of benzene rings is 1. The van der Waals surface area contributed by atoms with E-state index < -0.39 is 0 Å². The molecule has 4 aromatic heterocycles. The summed E-state index contributed by atoms with van der Waals surface area (Å²) in [5.41, 5.74) is 5.93. The van der Waals surface area contributed by atoms with Crippen LogP contribution in [0.25, 0.3) is 33.3 Å². The summed E-state index contributed by atoms with van der Waals surface area (Å²) < 4.78 is 1.39. The lowest BCUT2D eigenvalue weighted by atomic mass is 10.0. The Morgan fingerprint density at radius 1 is 1.07 bits per heavy atom. The van der Waals surface area contributed by atoms with Gasteiger partial charge in [-0.2, -0.15) is 5.10 Å². The van der Waals surface area contributed by atoms with Crippen LogP contribution in [0.2, 0.25) is 0 Å². The smallest absolute Gasteiger partial charge is 0.288 e. The van der Waals surface area contributed by atoms with Gasteiger partial charge in [-0.1, -0.05) is 18.2 Å². The number of aromatic nitrogens is 4. The molecule has 148 valence electrons. The predicted octanol–water partition coefficient (Wildman–Crippen LogP) is 4.91. The van der Waals surface area contributed by atoms with Gasteiger partial charge in [0.25, 0.3) is 5.91 Å². The lowest BCUT2D eigenvalue weighted by molar-refractivity contribution is 0.0949. The van der Waals surface area contributed by atoms with Gasteiger partial charge in [0.15, 0.2) is 0 Å². The normalized spacial score (nSPS) is 11.1. The molecule has 0 radical (unpaired) electrons. The minimum atomic E-state index is -0.129. The number of aromatic amines is 1. The molecule has 4 heterocycles. The van der Waals surface area contributed by atoms with Crippen molar-refractivity contribution in [2.45, 2.75) is 0 Å². The first-order valence-corrected chi connectivity index (χ1v) is 10.4. The molecule has 1 aromatic carbocycles. The Morgan fingerprint density at radius 2 is 1.90 bits per heavy atom. The third-order valence-electron chi connectivity index (χ3n) is 5.08. The van der Waals surface area contributed by atoms with Crippen molar-refractivity contribution in [3.63, 3.8) is 0 Å². The number of carbonyl (C=O) groups is 1. The zero-order valence-electron chi connectivity index (χ0n) is 16.5. The molecule has 0 spiro atoms. The lowest BCUT2D eigenvalue weighted by Gasteiger charge is -2.12. The van der Waals surface area contributed by atoms with Crippen LogP contribution in [0.3, 0.4) is 0 Å². The molecule has 0 saturated carbocycles. The molecule has 0 aliphatic heterocycles. The van der Waals surface area contributed by atoms with Gasteiger partial charge in [-0.3, -0.25) is 4.79 Å². The zero-order chi connectivity index (χ0) is 20.7. The molecule has 0 amide bonds. The predicted molar refractivity (Wildman–Crippen MR) is 121 cm³/mol. The van der Waals surface area contributed by atoms with Gasteiger partial charge in [-0.15, -0.1) is 11.3 Å². The molecular weight excluding hydrogens is 394 g/mol. The SMILES string of the molecule is CN(C)c1ccc(-c2cnc3[nH]cc(-c4cnn(C(=O)c5cccs5)c4)c3c2)cc1. The Morgan fingerprint density at radius 3 is 2.63 bits per heavy atom. The molecule has 0 unspecified atom stereocenters. The molecule has 5 aromatic rings. The van der Waals surface area contributed by atoms with Crippen LogP contribution in [-0.2, 0) is 0 Å². The largest absolute Gasteiger partial charge is 0.378 e. The highest BCUT2D eigenvalue weighted by Crippen LogP contribution is 2.31. The second-order valence-corrected chi connectivity index (χ2v) is 8.17. The van der Waals surface area contributed by atoms with E-state index in [2.05, 4.69) is 50.3 Å². The standard InChI is InChI=1S/C23H19N5OS/c1-27(2)18-7-5-15(6-8-18)16-10-19-20(13-25-22(19)24-11-16)17-12-26-28(14-17)23(29)21-4-3-9-30-21/h3-14H,1-2H3,(H,24,25). The van der Waals surface area contributed by atoms with Crippen LogP contribution in [0.15, 0.2) is 72.6 Å². The van der Waals surface area contributed by atoms with Crippen LogP contribution in [0.5, 0.6) is 0 Å². The number of thiophene rings is 1. The first kappa shape index (κ1) is 18.3. The highest BCUT2D eigenvalue weighted by atomic mass is 32.1. The van der Waals surface area contributed by atoms with Crippen molar-refractivity contribution in [1.82, 2.24) is 19.7 Å². The number of carbonyl (C=O) groups excluding carboxylic acids is 1. The quantitative estimate of drug-likeness (QED) is 0.455. The van der Waals surface area contributed by atoms with Crippen molar-refractivity contribution >= 4 is 34.0 Å². The molecule has 0 atom stereocenters. The van der Waals surface area contributed by atoms with Crippen LogP contribution >= 0.6 is 11.3 Å². The average molecular weight is 414 g/mol.